The zero-order chi connectivity index (χ0) is 46.6. The third kappa shape index (κ3) is 26.1. The summed E-state index contributed by atoms with van der Waals surface area (Å²) in [6.45, 7) is 3.66. The summed E-state index contributed by atoms with van der Waals surface area (Å²) in [6.07, 6.45) is 23.9. The van der Waals surface area contributed by atoms with Crippen LogP contribution in [0.4, 0.5) is 0 Å². The van der Waals surface area contributed by atoms with Gasteiger partial charge in [-0.25, -0.2) is 0 Å². The van der Waals surface area contributed by atoms with Gasteiger partial charge in [0, 0.05) is 13.0 Å². The normalized spacial score (nSPS) is 26.9. The van der Waals surface area contributed by atoms with Crippen LogP contribution in [0, 0.1) is 0 Å². The molecule has 0 aromatic carbocycles. The number of esters is 1. The molecule has 2 fully saturated rings. The lowest BCUT2D eigenvalue weighted by molar-refractivity contribution is -0.332. The molecule has 11 unspecified atom stereocenters. The summed E-state index contributed by atoms with van der Waals surface area (Å²) in [5, 5.41) is 72.0. The Bertz CT molecular complexity index is 1160. The standard InChI is InChI=1S/C50H92O14/c1-3-5-7-9-11-13-14-15-16-17-18-19-20-21-22-23-24-25-27-29-31-33-42(52)62-39(36-59-34-32-30-28-26-12-10-8-6-4-2)37-60-49-48(58)46(56)44(54)41(64-49)38-61-50-47(57)45(55)43(53)40(35-51)63-50/h14-15,17-18,39-41,43-51,53-58H,3-13,16,19-38H2,1-2H3/b15-14-,18-17-. The molecule has 2 saturated heterocycles. The first-order valence-corrected chi connectivity index (χ1v) is 25.4. The molecule has 0 aromatic heterocycles. The van der Waals surface area contributed by atoms with Crippen molar-refractivity contribution in [3.8, 4) is 0 Å². The van der Waals surface area contributed by atoms with Gasteiger partial charge in [0.2, 0.25) is 0 Å². The SMILES string of the molecule is CCCCCCC/C=C\C/C=C\CCCCCCCCCCCC(=O)OC(COCCCCCCCCCCC)COC1OC(COC2OC(CO)C(O)C(O)C2O)C(O)C(O)C1O. The first-order valence-electron chi connectivity index (χ1n) is 25.4. The molecule has 0 spiro atoms. The Balaban J connectivity index is 1.72. The van der Waals surface area contributed by atoms with Crippen LogP contribution in [-0.4, -0.2) is 142 Å². The monoisotopic (exact) mass is 917 g/mol. The van der Waals surface area contributed by atoms with E-state index >= 15 is 0 Å². The number of ether oxygens (including phenoxy) is 6. The molecule has 14 nitrogen and oxygen atoms in total. The van der Waals surface area contributed by atoms with E-state index in [1.54, 1.807) is 0 Å². The molecule has 376 valence electrons. The molecule has 2 rings (SSSR count). The van der Waals surface area contributed by atoms with Crippen LogP contribution < -0.4 is 0 Å². The van der Waals surface area contributed by atoms with E-state index in [0.29, 0.717) is 13.0 Å². The van der Waals surface area contributed by atoms with Gasteiger partial charge in [-0.3, -0.25) is 4.79 Å². The smallest absolute Gasteiger partial charge is 0.306 e. The van der Waals surface area contributed by atoms with Crippen molar-refractivity contribution < 1.29 is 69.0 Å². The highest BCUT2D eigenvalue weighted by atomic mass is 16.7. The van der Waals surface area contributed by atoms with Crippen LogP contribution in [0.3, 0.4) is 0 Å². The number of aliphatic hydroxyl groups is 7. The van der Waals surface area contributed by atoms with Crippen LogP contribution >= 0.6 is 0 Å². The average molecular weight is 917 g/mol. The van der Waals surface area contributed by atoms with Gasteiger partial charge in [0.05, 0.1) is 26.4 Å². The summed E-state index contributed by atoms with van der Waals surface area (Å²) < 4.78 is 34.2. The molecule has 2 aliphatic rings. The predicted molar refractivity (Wildman–Crippen MR) is 247 cm³/mol. The van der Waals surface area contributed by atoms with Crippen molar-refractivity contribution in [2.75, 3.05) is 33.0 Å². The second-order valence-corrected chi connectivity index (χ2v) is 18.0. The summed E-state index contributed by atoms with van der Waals surface area (Å²) in [4.78, 5) is 13.0. The zero-order valence-electron chi connectivity index (χ0n) is 39.8. The molecule has 7 N–H and O–H groups in total. The Labute approximate surface area is 386 Å². The van der Waals surface area contributed by atoms with Crippen LogP contribution in [0.1, 0.15) is 187 Å². The van der Waals surface area contributed by atoms with E-state index in [4.69, 9.17) is 28.4 Å². The molecule has 0 bridgehead atoms. The quantitative estimate of drug-likeness (QED) is 0.0184. The Morgan fingerprint density at radius 3 is 1.50 bits per heavy atom. The molecule has 0 amide bonds. The number of carbonyl (C=O) groups is 1. The maximum absolute atomic E-state index is 13.0. The van der Waals surface area contributed by atoms with Crippen LogP contribution in [-0.2, 0) is 33.2 Å². The van der Waals surface area contributed by atoms with E-state index in [9.17, 15) is 40.5 Å². The fourth-order valence-electron chi connectivity index (χ4n) is 8.02. The van der Waals surface area contributed by atoms with Crippen LogP contribution in [0.2, 0.25) is 0 Å². The highest BCUT2D eigenvalue weighted by molar-refractivity contribution is 5.69. The highest BCUT2D eigenvalue weighted by Crippen LogP contribution is 2.26. The van der Waals surface area contributed by atoms with Crippen molar-refractivity contribution in [2.45, 2.75) is 255 Å². The largest absolute Gasteiger partial charge is 0.457 e. The second-order valence-electron chi connectivity index (χ2n) is 18.0. The molecule has 14 heteroatoms. The van der Waals surface area contributed by atoms with Crippen molar-refractivity contribution >= 4 is 5.97 Å². The van der Waals surface area contributed by atoms with E-state index in [-0.39, 0.29) is 25.6 Å². The Kier molecular flexibility index (Phi) is 35.2. The summed E-state index contributed by atoms with van der Waals surface area (Å²) in [7, 11) is 0. The fraction of sp³-hybridized carbons (Fsp3) is 0.900. The van der Waals surface area contributed by atoms with Gasteiger partial charge >= 0.3 is 5.97 Å². The van der Waals surface area contributed by atoms with Gasteiger partial charge in [-0.15, -0.1) is 0 Å². The van der Waals surface area contributed by atoms with E-state index in [2.05, 4.69) is 38.2 Å². The van der Waals surface area contributed by atoms with Gasteiger partial charge in [-0.2, -0.15) is 0 Å². The van der Waals surface area contributed by atoms with Gasteiger partial charge in [0.15, 0.2) is 12.6 Å². The van der Waals surface area contributed by atoms with Crippen molar-refractivity contribution in [1.29, 1.82) is 0 Å². The number of hydrogen-bond donors (Lipinski definition) is 7. The summed E-state index contributed by atoms with van der Waals surface area (Å²) in [6, 6.07) is 0. The summed E-state index contributed by atoms with van der Waals surface area (Å²) in [5.74, 6) is -0.380. The van der Waals surface area contributed by atoms with Crippen LogP contribution in [0.5, 0.6) is 0 Å². The predicted octanol–water partition coefficient (Wildman–Crippen LogP) is 7.24. The van der Waals surface area contributed by atoms with Crippen molar-refractivity contribution in [3.05, 3.63) is 24.3 Å². The minimum absolute atomic E-state index is 0.0628. The summed E-state index contributed by atoms with van der Waals surface area (Å²) in [5.41, 5.74) is 0. The van der Waals surface area contributed by atoms with E-state index in [1.165, 1.54) is 109 Å². The minimum atomic E-state index is -1.70. The molecule has 0 saturated carbocycles. The maximum atomic E-state index is 13.0. The molecule has 2 aliphatic heterocycles. The van der Waals surface area contributed by atoms with E-state index in [0.717, 1.165) is 51.4 Å². The number of carbonyl (C=O) groups excluding carboxylic acids is 1. The highest BCUT2D eigenvalue weighted by Gasteiger charge is 2.47. The lowest BCUT2D eigenvalue weighted by Crippen LogP contribution is -2.61. The number of aliphatic hydroxyl groups excluding tert-OH is 7. The second kappa shape index (κ2) is 38.4. The number of unbranched alkanes of at least 4 members (excludes halogenated alkanes) is 22. The Hall–Kier alpha value is -1.53. The molecule has 0 aromatic rings. The third-order valence-corrected chi connectivity index (χ3v) is 12.2. The molecule has 0 radical (unpaired) electrons. The average Bonchev–Trinajstić information content (AvgIpc) is 3.29. The molecule has 0 aliphatic carbocycles. The molecule has 64 heavy (non-hydrogen) atoms. The lowest BCUT2D eigenvalue weighted by atomic mass is 9.98. The van der Waals surface area contributed by atoms with Gasteiger partial charge < -0.3 is 64.2 Å². The van der Waals surface area contributed by atoms with Crippen molar-refractivity contribution in [1.82, 2.24) is 0 Å². The lowest BCUT2D eigenvalue weighted by Gasteiger charge is -2.42. The zero-order valence-corrected chi connectivity index (χ0v) is 39.8. The minimum Gasteiger partial charge on any atom is -0.457 e. The number of rotatable bonds is 40. The first-order chi connectivity index (χ1) is 31.1. The van der Waals surface area contributed by atoms with E-state index in [1.807, 2.05) is 0 Å². The summed E-state index contributed by atoms with van der Waals surface area (Å²) >= 11 is 0. The third-order valence-electron chi connectivity index (χ3n) is 12.2. The van der Waals surface area contributed by atoms with Crippen molar-refractivity contribution in [2.24, 2.45) is 0 Å². The van der Waals surface area contributed by atoms with Gasteiger partial charge in [0.25, 0.3) is 0 Å². The van der Waals surface area contributed by atoms with Gasteiger partial charge in [-0.05, 0) is 44.9 Å². The van der Waals surface area contributed by atoms with Gasteiger partial charge in [-0.1, -0.05) is 160 Å². The molecule has 11 atom stereocenters. The Morgan fingerprint density at radius 2 is 0.969 bits per heavy atom. The molecule has 2 heterocycles. The first kappa shape index (κ1) is 58.6. The Morgan fingerprint density at radius 1 is 0.516 bits per heavy atom. The maximum Gasteiger partial charge on any atom is 0.306 e. The van der Waals surface area contributed by atoms with Crippen LogP contribution in [0.25, 0.3) is 0 Å². The van der Waals surface area contributed by atoms with Gasteiger partial charge in [0.1, 0.15) is 54.9 Å². The van der Waals surface area contributed by atoms with Crippen molar-refractivity contribution in [3.63, 3.8) is 0 Å². The van der Waals surface area contributed by atoms with E-state index < -0.39 is 80.7 Å². The fourth-order valence-corrected chi connectivity index (χ4v) is 8.02. The molecular formula is C50H92O14. The molecular weight excluding hydrogens is 825 g/mol. The topological polar surface area (TPSA) is 214 Å². The number of allylic oxidation sites excluding steroid dienone is 4. The number of hydrogen-bond acceptors (Lipinski definition) is 14. The van der Waals surface area contributed by atoms with Crippen LogP contribution in [0.15, 0.2) is 24.3 Å².